The summed E-state index contributed by atoms with van der Waals surface area (Å²) in [6.07, 6.45) is 2.57. The van der Waals surface area contributed by atoms with Crippen LogP contribution in [-0.2, 0) is 11.2 Å². The quantitative estimate of drug-likeness (QED) is 0.667. The lowest BCUT2D eigenvalue weighted by Gasteiger charge is -2.23. The van der Waals surface area contributed by atoms with Crippen molar-refractivity contribution in [1.29, 1.82) is 0 Å². The average Bonchev–Trinajstić information content (AvgIpc) is 3.30. The molecule has 0 aliphatic carbocycles. The highest BCUT2D eigenvalue weighted by Crippen LogP contribution is 2.35. The second-order valence-corrected chi connectivity index (χ2v) is 8.34. The first-order valence-electron chi connectivity index (χ1n) is 7.62. The van der Waals surface area contributed by atoms with E-state index < -0.39 is 0 Å². The molecular weight excluding hydrogens is 344 g/mol. The van der Waals surface area contributed by atoms with E-state index in [0.717, 1.165) is 30.1 Å². The highest BCUT2D eigenvalue weighted by molar-refractivity contribution is 7.20. The summed E-state index contributed by atoms with van der Waals surface area (Å²) in [5.41, 5.74) is 0.889. The molecule has 4 rings (SSSR count). The van der Waals surface area contributed by atoms with Crippen molar-refractivity contribution in [2.75, 3.05) is 6.54 Å². The predicted molar refractivity (Wildman–Crippen MR) is 97.1 cm³/mol. The third kappa shape index (κ3) is 3.11. The monoisotopic (exact) mass is 360 g/mol. The van der Waals surface area contributed by atoms with Gasteiger partial charge in [0.15, 0.2) is 0 Å². The summed E-state index contributed by atoms with van der Waals surface area (Å²) in [5.74, 6) is 0.198. The molecule has 1 aliphatic heterocycles. The van der Waals surface area contributed by atoms with Gasteiger partial charge in [-0.2, -0.15) is 0 Å². The lowest BCUT2D eigenvalue weighted by molar-refractivity contribution is -0.131. The van der Waals surface area contributed by atoms with Crippen LogP contribution in [0.2, 0.25) is 0 Å². The molecule has 118 valence electrons. The van der Waals surface area contributed by atoms with E-state index in [1.54, 1.807) is 34.0 Å². The van der Waals surface area contributed by atoms with Crippen LogP contribution in [0, 0.1) is 0 Å². The van der Waals surface area contributed by atoms with Gasteiger partial charge in [-0.15, -0.1) is 34.0 Å². The summed E-state index contributed by atoms with van der Waals surface area (Å²) in [7, 11) is 0. The Hall–Kier alpha value is -1.50. The second-order valence-electron chi connectivity index (χ2n) is 5.56. The van der Waals surface area contributed by atoms with Crippen molar-refractivity contribution in [1.82, 2.24) is 9.88 Å². The van der Waals surface area contributed by atoms with E-state index in [-0.39, 0.29) is 11.9 Å². The Morgan fingerprint density at radius 2 is 2.09 bits per heavy atom. The Labute approximate surface area is 147 Å². The standard InChI is InChI=1S/C17H16N2OS3/c20-16(19-7-1-4-13(19)14-5-2-8-21-14)10-12-11-23-17(18-12)15-6-3-9-22-15/h2-3,5-6,8-9,11,13H,1,4,7,10H2. The van der Waals surface area contributed by atoms with Crippen LogP contribution in [0.3, 0.4) is 0 Å². The van der Waals surface area contributed by atoms with Gasteiger partial charge >= 0.3 is 0 Å². The zero-order valence-corrected chi connectivity index (χ0v) is 14.9. The SMILES string of the molecule is O=C(Cc1csc(-c2cccs2)n1)N1CCCC1c1cccs1. The first kappa shape index (κ1) is 15.1. The molecular formula is C17H16N2OS3. The molecule has 3 aromatic rings. The molecule has 3 nitrogen and oxygen atoms in total. The third-order valence-corrected chi connectivity index (χ3v) is 6.96. The van der Waals surface area contributed by atoms with Gasteiger partial charge in [-0.05, 0) is 35.7 Å². The van der Waals surface area contributed by atoms with Crippen LogP contribution in [0.25, 0.3) is 9.88 Å². The minimum atomic E-state index is 0.198. The molecule has 4 heterocycles. The van der Waals surface area contributed by atoms with Crippen molar-refractivity contribution in [2.45, 2.75) is 25.3 Å². The number of likely N-dealkylation sites (tertiary alicyclic amines) is 1. The summed E-state index contributed by atoms with van der Waals surface area (Å²) in [5, 5.41) is 7.17. The molecule has 0 aromatic carbocycles. The molecule has 1 amide bonds. The molecule has 23 heavy (non-hydrogen) atoms. The van der Waals surface area contributed by atoms with Gasteiger partial charge < -0.3 is 4.90 Å². The largest absolute Gasteiger partial charge is 0.335 e. The predicted octanol–water partition coefficient (Wildman–Crippen LogP) is 4.84. The second kappa shape index (κ2) is 6.55. The van der Waals surface area contributed by atoms with E-state index in [2.05, 4.69) is 33.9 Å². The molecule has 0 spiro atoms. The van der Waals surface area contributed by atoms with Crippen LogP contribution >= 0.6 is 34.0 Å². The van der Waals surface area contributed by atoms with Crippen molar-refractivity contribution < 1.29 is 4.79 Å². The molecule has 1 unspecified atom stereocenters. The van der Waals surface area contributed by atoms with Crippen molar-refractivity contribution in [2.24, 2.45) is 0 Å². The van der Waals surface area contributed by atoms with Crippen LogP contribution < -0.4 is 0 Å². The van der Waals surface area contributed by atoms with E-state index in [1.807, 2.05) is 16.3 Å². The first-order valence-corrected chi connectivity index (χ1v) is 10.3. The van der Waals surface area contributed by atoms with Crippen molar-refractivity contribution >= 4 is 39.9 Å². The van der Waals surface area contributed by atoms with Gasteiger partial charge in [0.25, 0.3) is 0 Å². The lowest BCUT2D eigenvalue weighted by Crippen LogP contribution is -2.31. The number of aromatic nitrogens is 1. The molecule has 6 heteroatoms. The summed E-state index contributed by atoms with van der Waals surface area (Å²) >= 11 is 5.05. The van der Waals surface area contributed by atoms with Crippen LogP contribution in [0.5, 0.6) is 0 Å². The maximum absolute atomic E-state index is 12.7. The Balaban J connectivity index is 1.47. The smallest absolute Gasteiger partial charge is 0.229 e. The zero-order chi connectivity index (χ0) is 15.6. The van der Waals surface area contributed by atoms with Gasteiger partial charge in [0, 0.05) is 16.8 Å². The number of rotatable bonds is 4. The van der Waals surface area contributed by atoms with E-state index in [9.17, 15) is 4.79 Å². The van der Waals surface area contributed by atoms with Gasteiger partial charge in [-0.25, -0.2) is 4.98 Å². The number of nitrogens with zero attached hydrogens (tertiary/aromatic N) is 2. The van der Waals surface area contributed by atoms with Crippen LogP contribution in [0.4, 0.5) is 0 Å². The normalized spacial score (nSPS) is 17.7. The molecule has 1 atom stereocenters. The lowest BCUT2D eigenvalue weighted by atomic mass is 10.2. The zero-order valence-electron chi connectivity index (χ0n) is 12.5. The van der Waals surface area contributed by atoms with Gasteiger partial charge in [-0.1, -0.05) is 12.1 Å². The van der Waals surface area contributed by atoms with Crippen molar-refractivity contribution in [3.05, 3.63) is 51.0 Å². The maximum Gasteiger partial charge on any atom is 0.229 e. The minimum Gasteiger partial charge on any atom is -0.335 e. The molecule has 0 N–H and O–H groups in total. The van der Waals surface area contributed by atoms with E-state index in [0.29, 0.717) is 6.42 Å². The fraction of sp³-hybridized carbons (Fsp3) is 0.294. The molecule has 0 bridgehead atoms. The third-order valence-electron chi connectivity index (χ3n) is 4.06. The Morgan fingerprint density at radius 3 is 2.87 bits per heavy atom. The molecule has 0 radical (unpaired) electrons. The van der Waals surface area contributed by atoms with E-state index in [4.69, 9.17) is 0 Å². The van der Waals surface area contributed by atoms with E-state index >= 15 is 0 Å². The minimum absolute atomic E-state index is 0.198. The number of hydrogen-bond donors (Lipinski definition) is 0. The number of thiophene rings is 2. The van der Waals surface area contributed by atoms with E-state index in [1.165, 1.54) is 9.75 Å². The highest BCUT2D eigenvalue weighted by Gasteiger charge is 2.30. The summed E-state index contributed by atoms with van der Waals surface area (Å²) in [6, 6.07) is 8.57. The average molecular weight is 361 g/mol. The Kier molecular flexibility index (Phi) is 4.29. The first-order chi connectivity index (χ1) is 11.3. The number of carbonyl (C=O) groups excluding carboxylic acids is 1. The Morgan fingerprint density at radius 1 is 1.22 bits per heavy atom. The highest BCUT2D eigenvalue weighted by atomic mass is 32.1. The summed E-state index contributed by atoms with van der Waals surface area (Å²) < 4.78 is 0. The molecule has 1 aliphatic rings. The molecule has 1 fully saturated rings. The molecule has 1 saturated heterocycles. The number of carbonyl (C=O) groups is 1. The fourth-order valence-electron chi connectivity index (χ4n) is 3.00. The van der Waals surface area contributed by atoms with Crippen molar-refractivity contribution in [3.8, 4) is 9.88 Å². The molecule has 3 aromatic heterocycles. The number of amides is 1. The molecule has 0 saturated carbocycles. The van der Waals surface area contributed by atoms with Gasteiger partial charge in [-0.3, -0.25) is 4.79 Å². The topological polar surface area (TPSA) is 33.2 Å². The number of hydrogen-bond acceptors (Lipinski definition) is 5. The maximum atomic E-state index is 12.7. The van der Waals surface area contributed by atoms with Gasteiger partial charge in [0.05, 0.1) is 23.0 Å². The van der Waals surface area contributed by atoms with Crippen LogP contribution in [-0.4, -0.2) is 22.3 Å². The van der Waals surface area contributed by atoms with Crippen molar-refractivity contribution in [3.63, 3.8) is 0 Å². The number of thiazole rings is 1. The van der Waals surface area contributed by atoms with Gasteiger partial charge in [0.2, 0.25) is 5.91 Å². The van der Waals surface area contributed by atoms with Gasteiger partial charge in [0.1, 0.15) is 5.01 Å². The summed E-state index contributed by atoms with van der Waals surface area (Å²) in [6.45, 7) is 0.864. The van der Waals surface area contributed by atoms with Crippen LogP contribution in [0.15, 0.2) is 40.4 Å². The Bertz CT molecular complexity index is 777. The van der Waals surface area contributed by atoms with Crippen LogP contribution in [0.1, 0.15) is 29.5 Å². The summed E-state index contributed by atoms with van der Waals surface area (Å²) in [4.78, 5) is 21.9. The fourth-order valence-corrected chi connectivity index (χ4v) is 5.51.